The van der Waals surface area contributed by atoms with Crippen LogP contribution in [0.25, 0.3) is 5.69 Å². The lowest BCUT2D eigenvalue weighted by Crippen LogP contribution is -2.29. The molecule has 0 aliphatic rings. The number of carbonyl (C=O) groups is 1. The second-order valence-corrected chi connectivity index (χ2v) is 5.37. The van der Waals surface area contributed by atoms with Gasteiger partial charge in [-0.1, -0.05) is 0 Å². The van der Waals surface area contributed by atoms with E-state index in [9.17, 15) is 9.59 Å². The molecule has 24 heavy (non-hydrogen) atoms. The van der Waals surface area contributed by atoms with Crippen LogP contribution in [0.1, 0.15) is 27.4 Å². The number of oxazole rings is 1. The molecule has 0 unspecified atom stereocenters. The van der Waals surface area contributed by atoms with Gasteiger partial charge in [-0.05, 0) is 44.5 Å². The summed E-state index contributed by atoms with van der Waals surface area (Å²) in [4.78, 5) is 33.3. The van der Waals surface area contributed by atoms with E-state index in [0.717, 1.165) is 0 Å². The Labute approximate surface area is 138 Å². The molecule has 122 valence electrons. The molecular formula is C17H16N4O3. The van der Waals surface area contributed by atoms with Gasteiger partial charge in [0.1, 0.15) is 11.3 Å². The molecule has 3 rings (SSSR count). The second kappa shape index (κ2) is 6.11. The minimum atomic E-state index is -0.558. The summed E-state index contributed by atoms with van der Waals surface area (Å²) in [5.74, 6) is 0.0554. The van der Waals surface area contributed by atoms with Crippen molar-refractivity contribution in [2.45, 2.75) is 20.8 Å². The zero-order valence-electron chi connectivity index (χ0n) is 13.5. The molecule has 1 N–H and O–H groups in total. The first-order valence-electron chi connectivity index (χ1n) is 7.35. The van der Waals surface area contributed by atoms with Crippen molar-refractivity contribution in [1.29, 1.82) is 0 Å². The van der Waals surface area contributed by atoms with Gasteiger partial charge >= 0.3 is 6.01 Å². The molecule has 0 bridgehead atoms. The summed E-state index contributed by atoms with van der Waals surface area (Å²) < 4.78 is 6.72. The molecule has 0 saturated heterocycles. The molecule has 0 fully saturated rings. The Bertz CT molecular complexity index is 938. The highest BCUT2D eigenvalue weighted by atomic mass is 16.4. The first kappa shape index (κ1) is 15.7. The van der Waals surface area contributed by atoms with Crippen LogP contribution in [0.3, 0.4) is 0 Å². The van der Waals surface area contributed by atoms with Crippen LogP contribution in [0.5, 0.6) is 0 Å². The van der Waals surface area contributed by atoms with E-state index in [1.807, 2.05) is 0 Å². The van der Waals surface area contributed by atoms with E-state index in [2.05, 4.69) is 15.3 Å². The summed E-state index contributed by atoms with van der Waals surface area (Å²) in [6.07, 6.45) is 4.79. The van der Waals surface area contributed by atoms with Crippen molar-refractivity contribution >= 4 is 11.9 Å². The lowest BCUT2D eigenvalue weighted by Gasteiger charge is -2.09. The summed E-state index contributed by atoms with van der Waals surface area (Å²) in [7, 11) is 0. The largest absolute Gasteiger partial charge is 0.428 e. The third-order valence-electron chi connectivity index (χ3n) is 3.70. The SMILES string of the molecule is Cc1ccn(-c2cccnc2)c(=O)c1C(=O)Nc1nc(C)c(C)o1. The third-order valence-corrected chi connectivity index (χ3v) is 3.70. The van der Waals surface area contributed by atoms with E-state index >= 15 is 0 Å². The van der Waals surface area contributed by atoms with Gasteiger partial charge in [-0.15, -0.1) is 0 Å². The van der Waals surface area contributed by atoms with Crippen molar-refractivity contribution in [3.05, 3.63) is 69.7 Å². The summed E-state index contributed by atoms with van der Waals surface area (Å²) >= 11 is 0. The molecular weight excluding hydrogens is 308 g/mol. The molecule has 3 heterocycles. The topological polar surface area (TPSA) is 90.0 Å². The molecule has 7 heteroatoms. The van der Waals surface area contributed by atoms with Gasteiger partial charge in [-0.2, -0.15) is 4.98 Å². The van der Waals surface area contributed by atoms with E-state index in [-0.39, 0.29) is 11.6 Å². The Morgan fingerprint density at radius 2 is 2.04 bits per heavy atom. The number of nitrogens with zero attached hydrogens (tertiary/aromatic N) is 3. The van der Waals surface area contributed by atoms with Crippen LogP contribution in [0.2, 0.25) is 0 Å². The quantitative estimate of drug-likeness (QED) is 0.799. The fraction of sp³-hybridized carbons (Fsp3) is 0.176. The number of rotatable bonds is 3. The average Bonchev–Trinajstić information content (AvgIpc) is 2.86. The zero-order valence-corrected chi connectivity index (χ0v) is 13.5. The van der Waals surface area contributed by atoms with Gasteiger partial charge in [0.25, 0.3) is 11.5 Å². The summed E-state index contributed by atoms with van der Waals surface area (Å²) in [5, 5.41) is 2.53. The van der Waals surface area contributed by atoms with Gasteiger partial charge in [-0.3, -0.25) is 24.5 Å². The molecule has 0 saturated carbocycles. The van der Waals surface area contributed by atoms with Crippen molar-refractivity contribution in [2.24, 2.45) is 0 Å². The minimum Gasteiger partial charge on any atom is -0.428 e. The summed E-state index contributed by atoms with van der Waals surface area (Å²) in [5.41, 5.74) is 1.44. The summed E-state index contributed by atoms with van der Waals surface area (Å²) in [6.45, 7) is 5.23. The van der Waals surface area contributed by atoms with E-state index in [1.165, 1.54) is 4.57 Å². The molecule has 3 aromatic heterocycles. The Kier molecular flexibility index (Phi) is 3.99. The Morgan fingerprint density at radius 3 is 2.67 bits per heavy atom. The standard InChI is InChI=1S/C17H16N4O3/c1-10-6-8-21(13-5-4-7-18-9-13)16(23)14(10)15(22)20-17-19-11(2)12(3)24-17/h4-9H,1-3H3,(H,19,20,22). The Morgan fingerprint density at radius 1 is 1.25 bits per heavy atom. The lowest BCUT2D eigenvalue weighted by atomic mass is 10.1. The van der Waals surface area contributed by atoms with Crippen LogP contribution in [-0.2, 0) is 0 Å². The highest BCUT2D eigenvalue weighted by Gasteiger charge is 2.19. The predicted molar refractivity (Wildman–Crippen MR) is 88.5 cm³/mol. The fourth-order valence-corrected chi connectivity index (χ4v) is 2.29. The molecule has 1 amide bonds. The number of anilines is 1. The van der Waals surface area contributed by atoms with Crippen LogP contribution in [-0.4, -0.2) is 20.4 Å². The Hall–Kier alpha value is -3.22. The van der Waals surface area contributed by atoms with Gasteiger partial charge in [0.15, 0.2) is 0 Å². The number of amides is 1. The first-order valence-corrected chi connectivity index (χ1v) is 7.35. The third kappa shape index (κ3) is 2.83. The molecule has 7 nitrogen and oxygen atoms in total. The highest BCUT2D eigenvalue weighted by molar-refractivity contribution is 6.03. The van der Waals surface area contributed by atoms with Crippen LogP contribution >= 0.6 is 0 Å². The lowest BCUT2D eigenvalue weighted by molar-refractivity contribution is 0.102. The number of carbonyl (C=O) groups excluding carboxylic acids is 1. The minimum absolute atomic E-state index is 0.0369. The molecule has 0 spiro atoms. The van der Waals surface area contributed by atoms with E-state index in [1.54, 1.807) is 57.6 Å². The van der Waals surface area contributed by atoms with Gasteiger partial charge < -0.3 is 4.42 Å². The van der Waals surface area contributed by atoms with Gasteiger partial charge in [0.05, 0.1) is 17.6 Å². The molecule has 0 aliphatic carbocycles. The maximum absolute atomic E-state index is 12.7. The van der Waals surface area contributed by atoms with Crippen molar-refractivity contribution < 1.29 is 9.21 Å². The predicted octanol–water partition coefficient (Wildman–Crippen LogP) is 2.40. The van der Waals surface area contributed by atoms with Gasteiger partial charge in [-0.25, -0.2) is 0 Å². The van der Waals surface area contributed by atoms with Gasteiger partial charge in [0, 0.05) is 12.4 Å². The molecule has 0 aromatic carbocycles. The highest BCUT2D eigenvalue weighted by Crippen LogP contribution is 2.14. The summed E-state index contributed by atoms with van der Waals surface area (Å²) in [6, 6.07) is 5.24. The van der Waals surface area contributed by atoms with Crippen LogP contribution < -0.4 is 10.9 Å². The maximum Gasteiger partial charge on any atom is 0.302 e. The zero-order chi connectivity index (χ0) is 17.3. The van der Waals surface area contributed by atoms with Crippen molar-refractivity contribution in [1.82, 2.24) is 14.5 Å². The average molecular weight is 324 g/mol. The molecule has 0 radical (unpaired) electrons. The normalized spacial score (nSPS) is 10.6. The number of hydrogen-bond donors (Lipinski definition) is 1. The van der Waals surface area contributed by atoms with Crippen molar-refractivity contribution in [2.75, 3.05) is 5.32 Å². The molecule has 0 atom stereocenters. The number of aromatic nitrogens is 3. The Balaban J connectivity index is 2.01. The van der Waals surface area contributed by atoms with Crippen LogP contribution in [0, 0.1) is 20.8 Å². The number of aryl methyl sites for hydroxylation is 3. The van der Waals surface area contributed by atoms with Crippen molar-refractivity contribution in [3.63, 3.8) is 0 Å². The van der Waals surface area contributed by atoms with Crippen LogP contribution in [0.15, 0.2) is 46.0 Å². The van der Waals surface area contributed by atoms with Crippen molar-refractivity contribution in [3.8, 4) is 5.69 Å². The first-order chi connectivity index (χ1) is 11.5. The molecule has 0 aliphatic heterocycles. The molecule has 3 aromatic rings. The number of nitrogens with one attached hydrogen (secondary N) is 1. The van der Waals surface area contributed by atoms with Crippen LogP contribution in [0.4, 0.5) is 6.01 Å². The maximum atomic E-state index is 12.7. The van der Waals surface area contributed by atoms with E-state index < -0.39 is 11.5 Å². The smallest absolute Gasteiger partial charge is 0.302 e. The fourth-order valence-electron chi connectivity index (χ4n) is 2.29. The number of hydrogen-bond acceptors (Lipinski definition) is 5. The van der Waals surface area contributed by atoms with Gasteiger partial charge in [0.2, 0.25) is 0 Å². The van der Waals surface area contributed by atoms with E-state index in [0.29, 0.717) is 22.7 Å². The number of pyridine rings is 2. The second-order valence-electron chi connectivity index (χ2n) is 5.37. The monoisotopic (exact) mass is 324 g/mol. The van der Waals surface area contributed by atoms with E-state index in [4.69, 9.17) is 4.42 Å².